The van der Waals surface area contributed by atoms with Gasteiger partial charge in [-0.05, 0) is 31.5 Å². The van der Waals surface area contributed by atoms with Crippen molar-refractivity contribution >= 4 is 11.4 Å². The zero-order chi connectivity index (χ0) is 15.4. The van der Waals surface area contributed by atoms with Crippen LogP contribution in [0.1, 0.15) is 30.7 Å². The van der Waals surface area contributed by atoms with Gasteiger partial charge in [0.2, 0.25) is 0 Å². The standard InChI is InChI=1S/C18H25N3/c1-13(2)19-11-16-12-20-15(4)10-18(16)21(5)17-9-7-6-8-14(17)3/h6-10,12-13,19H,11H2,1-5H3. The Labute approximate surface area is 128 Å². The molecule has 0 fully saturated rings. The minimum absolute atomic E-state index is 0.461. The smallest absolute Gasteiger partial charge is 0.0487 e. The van der Waals surface area contributed by atoms with Gasteiger partial charge in [0, 0.05) is 48.5 Å². The molecule has 0 aliphatic carbocycles. The van der Waals surface area contributed by atoms with Crippen LogP contribution in [0.3, 0.4) is 0 Å². The van der Waals surface area contributed by atoms with Gasteiger partial charge in [0.15, 0.2) is 0 Å². The minimum Gasteiger partial charge on any atom is -0.344 e. The van der Waals surface area contributed by atoms with E-state index in [1.165, 1.54) is 22.5 Å². The molecule has 3 heteroatoms. The Morgan fingerprint density at radius 2 is 1.86 bits per heavy atom. The van der Waals surface area contributed by atoms with Crippen LogP contribution in [0.4, 0.5) is 11.4 Å². The van der Waals surface area contributed by atoms with Crippen molar-refractivity contribution in [1.29, 1.82) is 0 Å². The molecule has 112 valence electrons. The van der Waals surface area contributed by atoms with Crippen LogP contribution in [0, 0.1) is 13.8 Å². The van der Waals surface area contributed by atoms with E-state index in [-0.39, 0.29) is 0 Å². The van der Waals surface area contributed by atoms with Crippen molar-refractivity contribution < 1.29 is 0 Å². The van der Waals surface area contributed by atoms with Crippen LogP contribution in [0.15, 0.2) is 36.5 Å². The molecule has 1 aromatic carbocycles. The van der Waals surface area contributed by atoms with Crippen LogP contribution in [0.25, 0.3) is 0 Å². The predicted octanol–water partition coefficient (Wildman–Crippen LogP) is 3.96. The molecule has 1 N–H and O–H groups in total. The summed E-state index contributed by atoms with van der Waals surface area (Å²) in [4.78, 5) is 6.70. The molecule has 0 unspecified atom stereocenters. The molecule has 0 saturated carbocycles. The van der Waals surface area contributed by atoms with Gasteiger partial charge in [0.05, 0.1) is 0 Å². The lowest BCUT2D eigenvalue weighted by molar-refractivity contribution is 0.588. The van der Waals surface area contributed by atoms with Gasteiger partial charge >= 0.3 is 0 Å². The van der Waals surface area contributed by atoms with Crippen molar-refractivity contribution in [3.8, 4) is 0 Å². The molecule has 2 aromatic rings. The normalized spacial score (nSPS) is 11.0. The van der Waals surface area contributed by atoms with Crippen LogP contribution in [0.2, 0.25) is 0 Å². The fourth-order valence-electron chi connectivity index (χ4n) is 2.41. The Balaban J connectivity index is 2.37. The maximum absolute atomic E-state index is 4.45. The van der Waals surface area contributed by atoms with E-state index in [0.29, 0.717) is 6.04 Å². The number of hydrogen-bond acceptors (Lipinski definition) is 3. The molecule has 0 amide bonds. The lowest BCUT2D eigenvalue weighted by atomic mass is 10.1. The summed E-state index contributed by atoms with van der Waals surface area (Å²) >= 11 is 0. The van der Waals surface area contributed by atoms with Crippen molar-refractivity contribution in [3.05, 3.63) is 53.3 Å². The van der Waals surface area contributed by atoms with E-state index in [9.17, 15) is 0 Å². The maximum Gasteiger partial charge on any atom is 0.0487 e. The van der Waals surface area contributed by atoms with Gasteiger partial charge in [-0.2, -0.15) is 0 Å². The zero-order valence-electron chi connectivity index (χ0n) is 13.6. The average Bonchev–Trinajstić information content (AvgIpc) is 2.45. The first-order valence-corrected chi connectivity index (χ1v) is 7.47. The molecule has 0 atom stereocenters. The third-order valence-corrected chi connectivity index (χ3v) is 3.64. The lowest BCUT2D eigenvalue weighted by Gasteiger charge is -2.25. The number of benzene rings is 1. The number of anilines is 2. The third-order valence-electron chi connectivity index (χ3n) is 3.64. The fraction of sp³-hybridized carbons (Fsp3) is 0.389. The third kappa shape index (κ3) is 3.82. The van der Waals surface area contributed by atoms with Gasteiger partial charge in [-0.3, -0.25) is 4.98 Å². The monoisotopic (exact) mass is 283 g/mol. The zero-order valence-corrected chi connectivity index (χ0v) is 13.6. The van der Waals surface area contributed by atoms with Crippen molar-refractivity contribution in [3.63, 3.8) is 0 Å². The molecule has 1 heterocycles. The van der Waals surface area contributed by atoms with E-state index in [2.05, 4.69) is 73.4 Å². The SMILES string of the molecule is Cc1cc(N(C)c2ccccc2C)c(CNC(C)C)cn1. The lowest BCUT2D eigenvalue weighted by Crippen LogP contribution is -2.24. The number of hydrogen-bond donors (Lipinski definition) is 1. The minimum atomic E-state index is 0.461. The summed E-state index contributed by atoms with van der Waals surface area (Å²) in [5.74, 6) is 0. The van der Waals surface area contributed by atoms with Crippen molar-refractivity contribution in [2.24, 2.45) is 0 Å². The molecule has 0 aliphatic rings. The van der Waals surface area contributed by atoms with Gasteiger partial charge in [-0.1, -0.05) is 32.0 Å². The van der Waals surface area contributed by atoms with Crippen LogP contribution < -0.4 is 10.2 Å². The molecule has 1 aromatic heterocycles. The molecule has 0 bridgehead atoms. The summed E-state index contributed by atoms with van der Waals surface area (Å²) in [6, 6.07) is 11.1. The second-order valence-corrected chi connectivity index (χ2v) is 5.84. The number of nitrogens with one attached hydrogen (secondary N) is 1. The highest BCUT2D eigenvalue weighted by Crippen LogP contribution is 2.29. The predicted molar refractivity (Wildman–Crippen MR) is 90.2 cm³/mol. The average molecular weight is 283 g/mol. The molecular weight excluding hydrogens is 258 g/mol. The Morgan fingerprint density at radius 3 is 2.52 bits per heavy atom. The first-order valence-electron chi connectivity index (χ1n) is 7.47. The summed E-state index contributed by atoms with van der Waals surface area (Å²) in [6.07, 6.45) is 1.98. The van der Waals surface area contributed by atoms with Gasteiger partial charge in [-0.15, -0.1) is 0 Å². The number of rotatable bonds is 5. The van der Waals surface area contributed by atoms with E-state index in [1.54, 1.807) is 0 Å². The van der Waals surface area contributed by atoms with E-state index in [0.717, 1.165) is 12.2 Å². The number of aryl methyl sites for hydroxylation is 2. The van der Waals surface area contributed by atoms with Crippen molar-refractivity contribution in [2.75, 3.05) is 11.9 Å². The molecule has 0 saturated heterocycles. The summed E-state index contributed by atoms with van der Waals surface area (Å²) in [6.45, 7) is 9.33. The molecule has 3 nitrogen and oxygen atoms in total. The van der Waals surface area contributed by atoms with Crippen LogP contribution >= 0.6 is 0 Å². The second-order valence-electron chi connectivity index (χ2n) is 5.84. The maximum atomic E-state index is 4.45. The molecular formula is C18H25N3. The summed E-state index contributed by atoms with van der Waals surface area (Å²) in [5, 5.41) is 3.48. The highest BCUT2D eigenvalue weighted by Gasteiger charge is 2.12. The summed E-state index contributed by atoms with van der Waals surface area (Å²) in [7, 11) is 2.12. The fourth-order valence-corrected chi connectivity index (χ4v) is 2.41. The van der Waals surface area contributed by atoms with E-state index < -0.39 is 0 Å². The Morgan fingerprint density at radius 1 is 1.14 bits per heavy atom. The Kier molecular flexibility index (Phi) is 4.97. The summed E-state index contributed by atoms with van der Waals surface area (Å²) in [5.41, 5.74) is 5.98. The topological polar surface area (TPSA) is 28.2 Å². The highest BCUT2D eigenvalue weighted by molar-refractivity contribution is 5.68. The first kappa shape index (κ1) is 15.5. The number of para-hydroxylation sites is 1. The molecule has 0 spiro atoms. The van der Waals surface area contributed by atoms with E-state index in [4.69, 9.17) is 0 Å². The van der Waals surface area contributed by atoms with E-state index in [1.807, 2.05) is 13.1 Å². The van der Waals surface area contributed by atoms with Gasteiger partial charge < -0.3 is 10.2 Å². The molecule has 0 radical (unpaired) electrons. The molecule has 0 aliphatic heterocycles. The molecule has 21 heavy (non-hydrogen) atoms. The van der Waals surface area contributed by atoms with Crippen molar-refractivity contribution in [2.45, 2.75) is 40.3 Å². The first-order chi connectivity index (χ1) is 9.99. The van der Waals surface area contributed by atoms with Gasteiger partial charge in [0.25, 0.3) is 0 Å². The van der Waals surface area contributed by atoms with Gasteiger partial charge in [0.1, 0.15) is 0 Å². The van der Waals surface area contributed by atoms with Crippen molar-refractivity contribution in [1.82, 2.24) is 10.3 Å². The van der Waals surface area contributed by atoms with Crippen LogP contribution in [-0.4, -0.2) is 18.1 Å². The largest absolute Gasteiger partial charge is 0.344 e. The highest BCUT2D eigenvalue weighted by atomic mass is 15.1. The Hall–Kier alpha value is -1.87. The molecule has 2 rings (SSSR count). The van der Waals surface area contributed by atoms with E-state index >= 15 is 0 Å². The Bertz CT molecular complexity index is 605. The van der Waals surface area contributed by atoms with Crippen LogP contribution in [-0.2, 0) is 6.54 Å². The second kappa shape index (κ2) is 6.72. The quantitative estimate of drug-likeness (QED) is 0.900. The number of aromatic nitrogens is 1. The number of pyridine rings is 1. The summed E-state index contributed by atoms with van der Waals surface area (Å²) < 4.78 is 0. The number of nitrogens with zero attached hydrogens (tertiary/aromatic N) is 2. The van der Waals surface area contributed by atoms with Gasteiger partial charge in [-0.25, -0.2) is 0 Å². The van der Waals surface area contributed by atoms with Crippen LogP contribution in [0.5, 0.6) is 0 Å².